The number of halogens is 1. The average Bonchev–Trinajstić information content (AvgIpc) is 2.81. The Morgan fingerprint density at radius 1 is 1.10 bits per heavy atom. The summed E-state index contributed by atoms with van der Waals surface area (Å²) in [5, 5.41) is 4.71. The van der Waals surface area contributed by atoms with Gasteiger partial charge in [0, 0.05) is 21.1 Å². The number of nitrogens with one attached hydrogen (secondary N) is 1. The molecule has 3 aromatic rings. The first kappa shape index (κ1) is 14.2. The van der Waals surface area contributed by atoms with E-state index < -0.39 is 0 Å². The van der Waals surface area contributed by atoms with Crippen molar-refractivity contribution in [1.82, 2.24) is 0 Å². The second-order valence-corrected chi connectivity index (χ2v) is 6.29. The van der Waals surface area contributed by atoms with Gasteiger partial charge in [-0.15, -0.1) is 0 Å². The Hall–Kier alpha value is -1.74. The monoisotopic (exact) mass is 343 g/mol. The highest BCUT2D eigenvalue weighted by Gasteiger charge is 2.17. The van der Waals surface area contributed by atoms with Crippen molar-refractivity contribution >= 4 is 32.6 Å². The number of benzene rings is 2. The number of rotatable bonds is 3. The number of hydrogen-bond acceptors (Lipinski definition) is 2. The molecule has 0 radical (unpaired) electrons. The standard InChI is InChI=1S/C18H18BrNO/c1-11-8-9-15(19)16(10-11)20-13(3)18-12(2)14-6-4-5-7-17(14)21-18/h4-10,13,20H,1-3H3. The summed E-state index contributed by atoms with van der Waals surface area (Å²) in [4.78, 5) is 0. The molecule has 0 saturated carbocycles. The van der Waals surface area contributed by atoms with Crippen LogP contribution in [0.2, 0.25) is 0 Å². The first-order valence-electron chi connectivity index (χ1n) is 7.07. The molecule has 1 aromatic heterocycles. The van der Waals surface area contributed by atoms with Gasteiger partial charge in [-0.3, -0.25) is 0 Å². The van der Waals surface area contributed by atoms with E-state index in [9.17, 15) is 0 Å². The lowest BCUT2D eigenvalue weighted by Crippen LogP contribution is -2.07. The fourth-order valence-corrected chi connectivity index (χ4v) is 3.02. The molecule has 0 aliphatic rings. The van der Waals surface area contributed by atoms with Gasteiger partial charge >= 0.3 is 0 Å². The van der Waals surface area contributed by atoms with Crippen LogP contribution in [-0.2, 0) is 0 Å². The Morgan fingerprint density at radius 3 is 2.62 bits per heavy atom. The predicted molar refractivity (Wildman–Crippen MR) is 91.9 cm³/mol. The Morgan fingerprint density at radius 2 is 1.86 bits per heavy atom. The van der Waals surface area contributed by atoms with Crippen LogP contribution in [0.1, 0.15) is 29.9 Å². The Balaban J connectivity index is 1.95. The van der Waals surface area contributed by atoms with Crippen molar-refractivity contribution in [2.45, 2.75) is 26.8 Å². The van der Waals surface area contributed by atoms with Crippen molar-refractivity contribution < 1.29 is 4.42 Å². The highest BCUT2D eigenvalue weighted by Crippen LogP contribution is 2.33. The van der Waals surface area contributed by atoms with Gasteiger partial charge in [-0.1, -0.05) is 24.3 Å². The van der Waals surface area contributed by atoms with Crippen LogP contribution in [0.15, 0.2) is 51.4 Å². The van der Waals surface area contributed by atoms with E-state index >= 15 is 0 Å². The second kappa shape index (κ2) is 5.57. The Kier molecular flexibility index (Phi) is 3.77. The van der Waals surface area contributed by atoms with E-state index in [4.69, 9.17) is 4.42 Å². The zero-order chi connectivity index (χ0) is 15.0. The molecule has 0 amide bonds. The molecule has 1 atom stereocenters. The van der Waals surface area contributed by atoms with Crippen LogP contribution in [0.25, 0.3) is 11.0 Å². The first-order chi connectivity index (χ1) is 10.1. The molecule has 0 bridgehead atoms. The Labute approximate surface area is 133 Å². The maximum atomic E-state index is 6.03. The fourth-order valence-electron chi connectivity index (χ4n) is 2.65. The minimum atomic E-state index is 0.107. The fraction of sp³-hybridized carbons (Fsp3) is 0.222. The number of aryl methyl sites for hydroxylation is 2. The summed E-state index contributed by atoms with van der Waals surface area (Å²) in [7, 11) is 0. The van der Waals surface area contributed by atoms with Crippen molar-refractivity contribution in [3.63, 3.8) is 0 Å². The van der Waals surface area contributed by atoms with Gasteiger partial charge in [0.15, 0.2) is 0 Å². The van der Waals surface area contributed by atoms with Crippen molar-refractivity contribution in [3.05, 3.63) is 63.8 Å². The zero-order valence-electron chi connectivity index (χ0n) is 12.4. The van der Waals surface area contributed by atoms with Crippen LogP contribution in [0, 0.1) is 13.8 Å². The molecular weight excluding hydrogens is 326 g/mol. The van der Waals surface area contributed by atoms with Gasteiger partial charge in [0.25, 0.3) is 0 Å². The van der Waals surface area contributed by atoms with Crippen LogP contribution in [0.5, 0.6) is 0 Å². The van der Waals surface area contributed by atoms with Gasteiger partial charge in [0.1, 0.15) is 11.3 Å². The minimum absolute atomic E-state index is 0.107. The van der Waals surface area contributed by atoms with Gasteiger partial charge in [-0.2, -0.15) is 0 Å². The van der Waals surface area contributed by atoms with E-state index in [1.165, 1.54) is 16.5 Å². The maximum Gasteiger partial charge on any atom is 0.134 e. The molecule has 1 N–H and O–H groups in total. The van der Waals surface area contributed by atoms with Crippen LogP contribution in [0.3, 0.4) is 0 Å². The third-order valence-electron chi connectivity index (χ3n) is 3.77. The highest BCUT2D eigenvalue weighted by molar-refractivity contribution is 9.10. The van der Waals surface area contributed by atoms with E-state index in [1.54, 1.807) is 0 Å². The predicted octanol–water partition coefficient (Wildman–Crippen LogP) is 5.99. The van der Waals surface area contributed by atoms with E-state index in [-0.39, 0.29) is 6.04 Å². The topological polar surface area (TPSA) is 25.2 Å². The largest absolute Gasteiger partial charge is 0.459 e. The third kappa shape index (κ3) is 2.70. The number of anilines is 1. The van der Waals surface area contributed by atoms with Gasteiger partial charge in [-0.25, -0.2) is 0 Å². The average molecular weight is 344 g/mol. The van der Waals surface area contributed by atoms with Gasteiger partial charge in [0.05, 0.1) is 6.04 Å². The lowest BCUT2D eigenvalue weighted by molar-refractivity contribution is 0.522. The molecule has 1 heterocycles. The molecule has 0 saturated heterocycles. The molecule has 21 heavy (non-hydrogen) atoms. The van der Waals surface area contributed by atoms with Crippen molar-refractivity contribution in [2.24, 2.45) is 0 Å². The third-order valence-corrected chi connectivity index (χ3v) is 4.46. The molecule has 2 nitrogen and oxygen atoms in total. The number of fused-ring (bicyclic) bond motifs is 1. The number of hydrogen-bond donors (Lipinski definition) is 1. The zero-order valence-corrected chi connectivity index (χ0v) is 14.0. The van der Waals surface area contributed by atoms with Gasteiger partial charge in [-0.05, 0) is 60.5 Å². The lowest BCUT2D eigenvalue weighted by Gasteiger charge is -2.16. The quantitative estimate of drug-likeness (QED) is 0.632. The smallest absolute Gasteiger partial charge is 0.134 e. The van der Waals surface area contributed by atoms with E-state index in [2.05, 4.69) is 66.3 Å². The molecular formula is C18H18BrNO. The number of furan rings is 1. The lowest BCUT2D eigenvalue weighted by atomic mass is 10.1. The first-order valence-corrected chi connectivity index (χ1v) is 7.86. The Bertz CT molecular complexity index is 791. The van der Waals surface area contributed by atoms with E-state index in [0.717, 1.165) is 21.5 Å². The maximum absolute atomic E-state index is 6.03. The minimum Gasteiger partial charge on any atom is -0.459 e. The molecule has 0 spiro atoms. The molecule has 1 unspecified atom stereocenters. The summed E-state index contributed by atoms with van der Waals surface area (Å²) in [6.07, 6.45) is 0. The van der Waals surface area contributed by atoms with Gasteiger partial charge < -0.3 is 9.73 Å². The summed E-state index contributed by atoms with van der Waals surface area (Å²) in [6.45, 7) is 6.33. The molecule has 108 valence electrons. The van der Waals surface area contributed by atoms with Crippen molar-refractivity contribution in [1.29, 1.82) is 0 Å². The molecule has 0 fully saturated rings. The molecule has 3 rings (SSSR count). The SMILES string of the molecule is Cc1ccc(Br)c(NC(C)c2oc3ccccc3c2C)c1. The summed E-state index contributed by atoms with van der Waals surface area (Å²) >= 11 is 3.59. The molecule has 0 aliphatic heterocycles. The normalized spacial score (nSPS) is 12.6. The van der Waals surface area contributed by atoms with Crippen LogP contribution >= 0.6 is 15.9 Å². The van der Waals surface area contributed by atoms with Crippen LogP contribution in [-0.4, -0.2) is 0 Å². The van der Waals surface area contributed by atoms with Crippen molar-refractivity contribution in [2.75, 3.05) is 5.32 Å². The molecule has 0 aliphatic carbocycles. The van der Waals surface area contributed by atoms with Crippen LogP contribution < -0.4 is 5.32 Å². The van der Waals surface area contributed by atoms with Gasteiger partial charge in [0.2, 0.25) is 0 Å². The van der Waals surface area contributed by atoms with Crippen LogP contribution in [0.4, 0.5) is 5.69 Å². The summed E-state index contributed by atoms with van der Waals surface area (Å²) in [5.41, 5.74) is 4.47. The van der Waals surface area contributed by atoms with E-state index in [1.807, 2.05) is 18.2 Å². The molecule has 3 heteroatoms. The number of para-hydroxylation sites is 1. The molecule has 2 aromatic carbocycles. The van der Waals surface area contributed by atoms with E-state index in [0.29, 0.717) is 0 Å². The second-order valence-electron chi connectivity index (χ2n) is 5.44. The van der Waals surface area contributed by atoms with Crippen molar-refractivity contribution in [3.8, 4) is 0 Å². The summed E-state index contributed by atoms with van der Waals surface area (Å²) < 4.78 is 7.09. The summed E-state index contributed by atoms with van der Waals surface area (Å²) in [6, 6.07) is 14.6. The highest BCUT2D eigenvalue weighted by atomic mass is 79.9. The summed E-state index contributed by atoms with van der Waals surface area (Å²) in [5.74, 6) is 0.990.